The maximum Gasteiger partial charge on any atom is 0.321 e. The first-order chi connectivity index (χ1) is 16.0. The average molecular weight is 473 g/mol. The van der Waals surface area contributed by atoms with Gasteiger partial charge in [0.15, 0.2) is 5.69 Å². The zero-order chi connectivity index (χ0) is 25.0. The largest absolute Gasteiger partial charge is 0.464 e. The molecule has 2 aromatic rings. The molecule has 184 valence electrons. The molecule has 1 saturated heterocycles. The number of anilines is 2. The SMILES string of the molecule is CCOc1nc(C(=O)N[C@H](C)C(C)(C)O)nc(N2CCC(c3ccc(N)c(C(N)=O)n3)CC2)n1. The fourth-order valence-electron chi connectivity index (χ4n) is 3.51. The predicted molar refractivity (Wildman–Crippen MR) is 126 cm³/mol. The molecule has 0 bridgehead atoms. The van der Waals surface area contributed by atoms with E-state index in [0.717, 1.165) is 18.5 Å². The zero-order valence-corrected chi connectivity index (χ0v) is 19.9. The van der Waals surface area contributed by atoms with Crippen molar-refractivity contribution in [1.29, 1.82) is 0 Å². The van der Waals surface area contributed by atoms with Crippen LogP contribution in [0.15, 0.2) is 12.1 Å². The number of aromatic nitrogens is 4. The summed E-state index contributed by atoms with van der Waals surface area (Å²) < 4.78 is 5.45. The average Bonchev–Trinajstić information content (AvgIpc) is 2.78. The van der Waals surface area contributed by atoms with Crippen LogP contribution in [0.2, 0.25) is 0 Å². The molecule has 2 aromatic heterocycles. The number of nitrogens with zero attached hydrogens (tertiary/aromatic N) is 5. The van der Waals surface area contributed by atoms with Crippen molar-refractivity contribution in [3.63, 3.8) is 0 Å². The number of nitrogens with one attached hydrogen (secondary N) is 1. The number of pyridine rings is 1. The van der Waals surface area contributed by atoms with E-state index in [-0.39, 0.29) is 29.1 Å². The predicted octanol–water partition coefficient (Wildman–Crippen LogP) is 0.620. The summed E-state index contributed by atoms with van der Waals surface area (Å²) in [5, 5.41) is 12.8. The molecule has 3 heterocycles. The number of rotatable bonds is 8. The van der Waals surface area contributed by atoms with Crippen LogP contribution in [-0.4, -0.2) is 68.2 Å². The Balaban J connectivity index is 1.77. The third-order valence-electron chi connectivity index (χ3n) is 5.86. The van der Waals surface area contributed by atoms with Crippen LogP contribution in [0, 0.1) is 0 Å². The lowest BCUT2D eigenvalue weighted by molar-refractivity contribution is 0.0405. The van der Waals surface area contributed by atoms with Gasteiger partial charge in [0.1, 0.15) is 0 Å². The number of aliphatic hydroxyl groups is 1. The second kappa shape index (κ2) is 10.2. The molecule has 0 spiro atoms. The molecule has 6 N–H and O–H groups in total. The Morgan fingerprint density at radius 2 is 1.91 bits per heavy atom. The molecule has 0 unspecified atom stereocenters. The number of carbonyl (C=O) groups is 2. The Morgan fingerprint density at radius 1 is 1.24 bits per heavy atom. The third-order valence-corrected chi connectivity index (χ3v) is 5.86. The second-order valence-corrected chi connectivity index (χ2v) is 8.82. The van der Waals surface area contributed by atoms with Crippen LogP contribution in [0.5, 0.6) is 6.01 Å². The number of carbonyl (C=O) groups excluding carboxylic acids is 2. The van der Waals surface area contributed by atoms with Gasteiger partial charge in [0.25, 0.3) is 11.8 Å². The maximum atomic E-state index is 12.7. The highest BCUT2D eigenvalue weighted by molar-refractivity contribution is 5.95. The lowest BCUT2D eigenvalue weighted by atomic mass is 9.93. The smallest absolute Gasteiger partial charge is 0.321 e. The van der Waals surface area contributed by atoms with Crippen LogP contribution in [0.3, 0.4) is 0 Å². The van der Waals surface area contributed by atoms with Gasteiger partial charge in [0.05, 0.1) is 23.9 Å². The van der Waals surface area contributed by atoms with Crippen molar-refractivity contribution in [2.24, 2.45) is 5.73 Å². The molecule has 12 heteroatoms. The number of piperidine rings is 1. The van der Waals surface area contributed by atoms with Gasteiger partial charge in [0, 0.05) is 24.7 Å². The number of hydrogen-bond donors (Lipinski definition) is 4. The normalized spacial score (nSPS) is 15.6. The van der Waals surface area contributed by atoms with E-state index < -0.39 is 23.5 Å². The number of primary amides is 1. The molecule has 1 atom stereocenters. The number of nitrogens with two attached hydrogens (primary N) is 2. The number of ether oxygens (including phenoxy) is 1. The van der Waals surface area contributed by atoms with Crippen LogP contribution in [0.1, 0.15) is 73.3 Å². The van der Waals surface area contributed by atoms with E-state index in [1.54, 1.807) is 33.8 Å². The third kappa shape index (κ3) is 5.87. The first-order valence-electron chi connectivity index (χ1n) is 11.2. The van der Waals surface area contributed by atoms with Gasteiger partial charge in [0.2, 0.25) is 11.8 Å². The first-order valence-corrected chi connectivity index (χ1v) is 11.2. The zero-order valence-electron chi connectivity index (χ0n) is 19.9. The summed E-state index contributed by atoms with van der Waals surface area (Å²) in [5.41, 5.74) is 11.2. The van der Waals surface area contributed by atoms with Gasteiger partial charge in [-0.3, -0.25) is 9.59 Å². The van der Waals surface area contributed by atoms with Gasteiger partial charge < -0.3 is 31.5 Å². The van der Waals surface area contributed by atoms with Crippen LogP contribution >= 0.6 is 0 Å². The minimum absolute atomic E-state index is 0.0574. The summed E-state index contributed by atoms with van der Waals surface area (Å²) in [6.07, 6.45) is 1.45. The Hall–Kier alpha value is -3.54. The van der Waals surface area contributed by atoms with Crippen LogP contribution in [0.4, 0.5) is 11.6 Å². The summed E-state index contributed by atoms with van der Waals surface area (Å²) in [7, 11) is 0. The molecule has 1 fully saturated rings. The molecule has 0 saturated carbocycles. The highest BCUT2D eigenvalue weighted by Gasteiger charge is 2.28. The molecular weight excluding hydrogens is 440 g/mol. The van der Waals surface area contributed by atoms with Crippen molar-refractivity contribution in [3.05, 3.63) is 29.3 Å². The van der Waals surface area contributed by atoms with Gasteiger partial charge in [-0.1, -0.05) is 0 Å². The van der Waals surface area contributed by atoms with Crippen molar-refractivity contribution >= 4 is 23.5 Å². The molecule has 3 rings (SSSR count). The molecule has 2 amide bonds. The molecule has 0 aliphatic carbocycles. The maximum absolute atomic E-state index is 12.7. The Morgan fingerprint density at radius 3 is 2.50 bits per heavy atom. The first kappa shape index (κ1) is 25.1. The van der Waals surface area contributed by atoms with Gasteiger partial charge in [-0.25, -0.2) is 4.98 Å². The standard InChI is InChI=1S/C22H32N8O4/c1-5-34-21-28-18(19(32)25-12(2)22(3,4)33)27-20(29-21)30-10-8-13(9-11-30)15-7-6-14(23)16(26-15)17(24)31/h6-7,12-13,33H,5,8-11,23H2,1-4H3,(H2,24,31)(H,25,32)/t12-/m1/s1. The van der Waals surface area contributed by atoms with Crippen molar-refractivity contribution in [2.45, 2.75) is 58.1 Å². The highest BCUT2D eigenvalue weighted by Crippen LogP contribution is 2.29. The molecule has 1 aliphatic rings. The molecule has 0 aromatic carbocycles. The fourth-order valence-corrected chi connectivity index (χ4v) is 3.51. The van der Waals surface area contributed by atoms with Crippen molar-refractivity contribution in [3.8, 4) is 6.01 Å². The van der Waals surface area contributed by atoms with Crippen LogP contribution in [-0.2, 0) is 0 Å². The van der Waals surface area contributed by atoms with Crippen molar-refractivity contribution in [1.82, 2.24) is 25.3 Å². The minimum atomic E-state index is -1.11. The van der Waals surface area contributed by atoms with E-state index in [9.17, 15) is 14.7 Å². The summed E-state index contributed by atoms with van der Waals surface area (Å²) >= 11 is 0. The van der Waals surface area contributed by atoms with Gasteiger partial charge in [-0.15, -0.1) is 0 Å². The van der Waals surface area contributed by atoms with Gasteiger partial charge in [-0.2, -0.15) is 15.0 Å². The van der Waals surface area contributed by atoms with Gasteiger partial charge >= 0.3 is 6.01 Å². The second-order valence-electron chi connectivity index (χ2n) is 8.82. The Bertz CT molecular complexity index is 1050. The summed E-state index contributed by atoms with van der Waals surface area (Å²) in [6.45, 7) is 8.23. The quantitative estimate of drug-likeness (QED) is 0.425. The molecule has 1 aliphatic heterocycles. The van der Waals surface area contributed by atoms with Crippen LogP contribution < -0.4 is 26.4 Å². The molecule has 0 radical (unpaired) electrons. The molecule has 12 nitrogen and oxygen atoms in total. The Labute approximate surface area is 198 Å². The van der Waals surface area contributed by atoms with Crippen LogP contribution in [0.25, 0.3) is 0 Å². The van der Waals surface area contributed by atoms with E-state index in [4.69, 9.17) is 16.2 Å². The monoisotopic (exact) mass is 472 g/mol. The lowest BCUT2D eigenvalue weighted by Crippen LogP contribution is -2.47. The number of nitrogen functional groups attached to an aromatic ring is 1. The highest BCUT2D eigenvalue weighted by atomic mass is 16.5. The molecule has 34 heavy (non-hydrogen) atoms. The van der Waals surface area contributed by atoms with E-state index in [1.807, 2.05) is 11.0 Å². The molecular formula is C22H32N8O4. The number of amides is 2. The van der Waals surface area contributed by atoms with Crippen molar-refractivity contribution < 1.29 is 19.4 Å². The Kier molecular flexibility index (Phi) is 7.50. The fraction of sp³-hybridized carbons (Fsp3) is 0.545. The summed E-state index contributed by atoms with van der Waals surface area (Å²) in [6, 6.07) is 2.99. The van der Waals surface area contributed by atoms with E-state index in [1.165, 1.54) is 0 Å². The summed E-state index contributed by atoms with van der Waals surface area (Å²) in [5.74, 6) is -0.827. The van der Waals surface area contributed by atoms with Crippen molar-refractivity contribution in [2.75, 3.05) is 30.3 Å². The summed E-state index contributed by atoms with van der Waals surface area (Å²) in [4.78, 5) is 43.5. The van der Waals surface area contributed by atoms with E-state index in [2.05, 4.69) is 25.3 Å². The minimum Gasteiger partial charge on any atom is -0.464 e. The van der Waals surface area contributed by atoms with E-state index in [0.29, 0.717) is 25.6 Å². The number of hydrogen-bond acceptors (Lipinski definition) is 10. The lowest BCUT2D eigenvalue weighted by Gasteiger charge is -2.32. The topological polar surface area (TPSA) is 182 Å². The van der Waals surface area contributed by atoms with Gasteiger partial charge in [-0.05, 0) is 52.7 Å². The van der Waals surface area contributed by atoms with E-state index >= 15 is 0 Å².